The van der Waals surface area contributed by atoms with Gasteiger partial charge in [0.1, 0.15) is 10.6 Å². The highest BCUT2D eigenvalue weighted by molar-refractivity contribution is 7.18. The lowest BCUT2D eigenvalue weighted by atomic mass is 10.2. The number of aromatic amines is 1. The number of carbonyl (C=O) groups is 1. The van der Waals surface area contributed by atoms with Crippen molar-refractivity contribution < 1.29 is 14.3 Å². The summed E-state index contributed by atoms with van der Waals surface area (Å²) in [4.78, 5) is 33.2. The van der Waals surface area contributed by atoms with Crippen molar-refractivity contribution in [2.45, 2.75) is 33.8 Å². The second-order valence-corrected chi connectivity index (χ2v) is 7.30. The molecule has 0 saturated heterocycles. The van der Waals surface area contributed by atoms with E-state index in [0.29, 0.717) is 21.8 Å². The third-order valence-corrected chi connectivity index (χ3v) is 5.29. The van der Waals surface area contributed by atoms with E-state index in [9.17, 15) is 9.59 Å². The molecule has 0 radical (unpaired) electrons. The number of nitrogens with zero attached hydrogens (tertiary/aromatic N) is 1. The predicted octanol–water partition coefficient (Wildman–Crippen LogP) is 3.59. The summed E-state index contributed by atoms with van der Waals surface area (Å²) in [5.74, 6) is 0.435. The van der Waals surface area contributed by atoms with E-state index in [0.717, 1.165) is 16.0 Å². The van der Waals surface area contributed by atoms with Crippen molar-refractivity contribution >= 4 is 27.5 Å². The molecule has 2 heterocycles. The topological polar surface area (TPSA) is 81.3 Å². The van der Waals surface area contributed by atoms with Crippen LogP contribution in [0.15, 0.2) is 29.1 Å². The van der Waals surface area contributed by atoms with Crippen LogP contribution in [-0.4, -0.2) is 22.5 Å². The molecular formula is C19H20N2O4S. The number of hydrogen-bond acceptors (Lipinski definition) is 6. The van der Waals surface area contributed by atoms with Crippen LogP contribution in [0.5, 0.6) is 5.75 Å². The summed E-state index contributed by atoms with van der Waals surface area (Å²) < 4.78 is 10.8. The van der Waals surface area contributed by atoms with E-state index in [2.05, 4.69) is 9.97 Å². The first kappa shape index (κ1) is 18.1. The van der Waals surface area contributed by atoms with Gasteiger partial charge in [0, 0.05) is 4.88 Å². The molecule has 26 heavy (non-hydrogen) atoms. The molecule has 2 aromatic heterocycles. The SMILES string of the molecule is Cc1ccccc1OCC(=O)O[C@@H](C)c1nc2sc(C)c(C)c2c(=O)[nH]1. The predicted molar refractivity (Wildman–Crippen MR) is 101 cm³/mol. The Morgan fingerprint density at radius 2 is 2.00 bits per heavy atom. The number of rotatable bonds is 5. The summed E-state index contributed by atoms with van der Waals surface area (Å²) >= 11 is 1.46. The van der Waals surface area contributed by atoms with Crippen LogP contribution in [0, 0.1) is 20.8 Å². The van der Waals surface area contributed by atoms with E-state index in [1.165, 1.54) is 11.3 Å². The Hall–Kier alpha value is -2.67. The summed E-state index contributed by atoms with van der Waals surface area (Å²) in [5.41, 5.74) is 1.65. The number of H-pyrrole nitrogens is 1. The molecule has 7 heteroatoms. The van der Waals surface area contributed by atoms with Crippen LogP contribution >= 0.6 is 11.3 Å². The fraction of sp³-hybridized carbons (Fsp3) is 0.316. The number of carbonyl (C=O) groups excluding carboxylic acids is 1. The summed E-state index contributed by atoms with van der Waals surface area (Å²) in [6, 6.07) is 7.43. The minimum atomic E-state index is -0.678. The normalized spacial score (nSPS) is 12.2. The number of thiophene rings is 1. The number of aryl methyl sites for hydroxylation is 3. The Morgan fingerprint density at radius 3 is 2.73 bits per heavy atom. The van der Waals surface area contributed by atoms with Gasteiger partial charge in [0.15, 0.2) is 18.5 Å². The highest BCUT2D eigenvalue weighted by atomic mass is 32.1. The molecular weight excluding hydrogens is 352 g/mol. The summed E-state index contributed by atoms with van der Waals surface area (Å²) in [6.45, 7) is 7.21. The zero-order valence-electron chi connectivity index (χ0n) is 15.1. The molecule has 0 bridgehead atoms. The second-order valence-electron chi connectivity index (χ2n) is 6.10. The van der Waals surface area contributed by atoms with Crippen molar-refractivity contribution in [1.29, 1.82) is 0 Å². The third-order valence-electron chi connectivity index (χ3n) is 4.19. The standard InChI is InChI=1S/C19H20N2O4S/c1-10-7-5-6-8-14(10)24-9-15(22)25-12(3)17-20-18(23)16-11(2)13(4)26-19(16)21-17/h5-8,12H,9H2,1-4H3,(H,20,21,23)/t12-/m0/s1. The fourth-order valence-corrected chi connectivity index (χ4v) is 3.64. The van der Waals surface area contributed by atoms with E-state index < -0.39 is 12.1 Å². The number of hydrogen-bond donors (Lipinski definition) is 1. The van der Waals surface area contributed by atoms with Gasteiger partial charge in [0.2, 0.25) is 0 Å². The van der Waals surface area contributed by atoms with Crippen molar-refractivity contribution in [3.8, 4) is 5.75 Å². The van der Waals surface area contributed by atoms with Gasteiger partial charge >= 0.3 is 5.97 Å². The maximum absolute atomic E-state index is 12.3. The Labute approximate surface area is 154 Å². The van der Waals surface area contributed by atoms with E-state index in [-0.39, 0.29) is 12.2 Å². The minimum Gasteiger partial charge on any atom is -0.482 e. The second kappa shape index (κ2) is 7.29. The molecule has 0 fully saturated rings. The molecule has 136 valence electrons. The van der Waals surface area contributed by atoms with Gasteiger partial charge in [-0.3, -0.25) is 4.79 Å². The maximum Gasteiger partial charge on any atom is 0.344 e. The van der Waals surface area contributed by atoms with Crippen LogP contribution < -0.4 is 10.3 Å². The van der Waals surface area contributed by atoms with Gasteiger partial charge in [-0.25, -0.2) is 9.78 Å². The molecule has 0 aliphatic rings. The number of benzene rings is 1. The zero-order chi connectivity index (χ0) is 18.8. The molecule has 3 rings (SSSR count). The molecule has 0 aliphatic carbocycles. The molecule has 0 aliphatic heterocycles. The maximum atomic E-state index is 12.3. The Morgan fingerprint density at radius 1 is 1.27 bits per heavy atom. The average molecular weight is 372 g/mol. The molecule has 0 unspecified atom stereocenters. The first-order valence-corrected chi connectivity index (χ1v) is 9.06. The van der Waals surface area contributed by atoms with Crippen LogP contribution in [0.4, 0.5) is 0 Å². The van der Waals surface area contributed by atoms with Crippen LogP contribution in [-0.2, 0) is 9.53 Å². The summed E-state index contributed by atoms with van der Waals surface area (Å²) in [7, 11) is 0. The third kappa shape index (κ3) is 3.62. The van der Waals surface area contributed by atoms with Crippen molar-refractivity contribution in [2.24, 2.45) is 0 Å². The van der Waals surface area contributed by atoms with Crippen LogP contribution in [0.1, 0.15) is 34.9 Å². The molecule has 1 atom stereocenters. The van der Waals surface area contributed by atoms with Gasteiger partial charge < -0.3 is 14.5 Å². The van der Waals surface area contributed by atoms with Crippen molar-refractivity contribution in [2.75, 3.05) is 6.61 Å². The van der Waals surface area contributed by atoms with E-state index in [4.69, 9.17) is 9.47 Å². The summed E-state index contributed by atoms with van der Waals surface area (Å²) in [5, 5.41) is 0.595. The van der Waals surface area contributed by atoms with Crippen molar-refractivity contribution in [3.05, 3.63) is 56.4 Å². The number of ether oxygens (including phenoxy) is 2. The molecule has 1 aromatic carbocycles. The molecule has 3 aromatic rings. The Balaban J connectivity index is 1.70. The first-order chi connectivity index (χ1) is 12.4. The lowest BCUT2D eigenvalue weighted by Crippen LogP contribution is -2.20. The smallest absolute Gasteiger partial charge is 0.344 e. The number of esters is 1. The molecule has 0 amide bonds. The van der Waals surface area contributed by atoms with Crippen molar-refractivity contribution in [3.63, 3.8) is 0 Å². The highest BCUT2D eigenvalue weighted by Gasteiger charge is 2.18. The van der Waals surface area contributed by atoms with E-state index >= 15 is 0 Å². The van der Waals surface area contributed by atoms with E-state index in [1.54, 1.807) is 13.0 Å². The quantitative estimate of drug-likeness (QED) is 0.692. The van der Waals surface area contributed by atoms with Crippen LogP contribution in [0.3, 0.4) is 0 Å². The molecule has 1 N–H and O–H groups in total. The summed E-state index contributed by atoms with van der Waals surface area (Å²) in [6.07, 6.45) is -0.678. The fourth-order valence-electron chi connectivity index (χ4n) is 2.61. The molecule has 0 spiro atoms. The average Bonchev–Trinajstić information content (AvgIpc) is 2.88. The number of nitrogens with one attached hydrogen (secondary N) is 1. The van der Waals surface area contributed by atoms with Gasteiger partial charge in [-0.05, 0) is 44.9 Å². The van der Waals surface area contributed by atoms with Gasteiger partial charge in [0.05, 0.1) is 5.39 Å². The minimum absolute atomic E-state index is 0.209. The van der Waals surface area contributed by atoms with Gasteiger partial charge in [-0.2, -0.15) is 0 Å². The number of aromatic nitrogens is 2. The van der Waals surface area contributed by atoms with Crippen LogP contribution in [0.25, 0.3) is 10.2 Å². The lowest BCUT2D eigenvalue weighted by Gasteiger charge is -2.13. The Kier molecular flexibility index (Phi) is 5.08. The largest absolute Gasteiger partial charge is 0.482 e. The van der Waals surface area contributed by atoms with Crippen molar-refractivity contribution in [1.82, 2.24) is 9.97 Å². The molecule has 6 nitrogen and oxygen atoms in total. The van der Waals surface area contributed by atoms with Gasteiger partial charge in [0.25, 0.3) is 5.56 Å². The van der Waals surface area contributed by atoms with Crippen LogP contribution in [0.2, 0.25) is 0 Å². The van der Waals surface area contributed by atoms with Gasteiger partial charge in [-0.15, -0.1) is 11.3 Å². The number of fused-ring (bicyclic) bond motifs is 1. The number of para-hydroxylation sites is 1. The first-order valence-electron chi connectivity index (χ1n) is 8.24. The van der Waals surface area contributed by atoms with Gasteiger partial charge in [-0.1, -0.05) is 18.2 Å². The highest BCUT2D eigenvalue weighted by Crippen LogP contribution is 2.27. The monoisotopic (exact) mass is 372 g/mol. The van der Waals surface area contributed by atoms with E-state index in [1.807, 2.05) is 39.0 Å². The Bertz CT molecular complexity index is 1020. The molecule has 0 saturated carbocycles. The zero-order valence-corrected chi connectivity index (χ0v) is 15.9. The lowest BCUT2D eigenvalue weighted by molar-refractivity contribution is -0.151.